The van der Waals surface area contributed by atoms with Crippen molar-refractivity contribution in [1.82, 2.24) is 0 Å². The van der Waals surface area contributed by atoms with E-state index in [1.54, 1.807) is 13.8 Å². The second kappa shape index (κ2) is 13.5. The predicted octanol–water partition coefficient (Wildman–Crippen LogP) is 4.57. The lowest BCUT2D eigenvalue weighted by molar-refractivity contribution is -0.142. The summed E-state index contributed by atoms with van der Waals surface area (Å²) in [6.45, 7) is 5.76. The quantitative estimate of drug-likeness (QED) is 0.287. The van der Waals surface area contributed by atoms with Crippen LogP contribution in [0.2, 0.25) is 0 Å². The molecule has 0 radical (unpaired) electrons. The summed E-state index contributed by atoms with van der Waals surface area (Å²) in [5.41, 5.74) is 7.24. The number of aliphatic hydroxyl groups excluding tert-OH is 1. The number of hydrogen-bond acceptors (Lipinski definition) is 8. The number of carbonyl (C=O) groups is 2. The average molecular weight is 520 g/mol. The summed E-state index contributed by atoms with van der Waals surface area (Å²) in [5.74, 6) is 1.05. The highest BCUT2D eigenvalue weighted by atomic mass is 16.7. The van der Waals surface area contributed by atoms with Gasteiger partial charge in [-0.05, 0) is 87.3 Å². The number of nitrogens with two attached hydrogens (primary N) is 1. The summed E-state index contributed by atoms with van der Waals surface area (Å²) in [4.78, 5) is 24.3. The Balaban J connectivity index is 1.74. The summed E-state index contributed by atoms with van der Waals surface area (Å²) in [6, 6.07) is 5.95. The summed E-state index contributed by atoms with van der Waals surface area (Å²) in [6.07, 6.45) is 6.60. The number of fused-ring (bicyclic) bond motifs is 2. The number of hydrogen-bond donors (Lipinski definition) is 2. The molecule has 0 aliphatic heterocycles. The van der Waals surface area contributed by atoms with E-state index in [0.29, 0.717) is 24.0 Å². The number of ether oxygens (including phenoxy) is 4. The van der Waals surface area contributed by atoms with Crippen molar-refractivity contribution in [1.29, 1.82) is 0 Å². The Morgan fingerprint density at radius 2 is 1.97 bits per heavy atom. The number of rotatable bonds is 13. The minimum Gasteiger partial charge on any atom is -0.482 e. The van der Waals surface area contributed by atoms with Crippen LogP contribution in [0.4, 0.5) is 4.79 Å². The second-order valence-electron chi connectivity index (χ2n) is 11.2. The van der Waals surface area contributed by atoms with Gasteiger partial charge in [-0.1, -0.05) is 38.3 Å². The highest BCUT2D eigenvalue weighted by Gasteiger charge is 2.47. The lowest BCUT2D eigenvalue weighted by Gasteiger charge is -2.33. The molecule has 0 heterocycles. The Morgan fingerprint density at radius 3 is 2.68 bits per heavy atom. The van der Waals surface area contributed by atoms with E-state index >= 15 is 0 Å². The summed E-state index contributed by atoms with van der Waals surface area (Å²) in [5, 5.41) is 10.6. The molecule has 208 valence electrons. The number of aliphatic hydroxyl groups is 1. The Kier molecular flexibility index (Phi) is 10.6. The van der Waals surface area contributed by atoms with Gasteiger partial charge < -0.3 is 29.8 Å². The van der Waals surface area contributed by atoms with Crippen LogP contribution in [0.5, 0.6) is 5.75 Å². The first kappa shape index (κ1) is 29.2. The van der Waals surface area contributed by atoms with Crippen LogP contribution in [0.15, 0.2) is 18.2 Å². The van der Waals surface area contributed by atoms with Gasteiger partial charge in [0.15, 0.2) is 6.61 Å². The number of carbonyl (C=O) groups excluding carboxylic acids is 2. The molecule has 8 heteroatoms. The van der Waals surface area contributed by atoms with Crippen LogP contribution < -0.4 is 10.5 Å². The molecule has 3 N–H and O–H groups in total. The Morgan fingerprint density at radius 1 is 1.19 bits per heavy atom. The van der Waals surface area contributed by atoms with E-state index in [9.17, 15) is 14.7 Å². The van der Waals surface area contributed by atoms with Crippen molar-refractivity contribution in [3.63, 3.8) is 0 Å². The van der Waals surface area contributed by atoms with Crippen LogP contribution >= 0.6 is 0 Å². The standard InChI is InChI=1S/C29H45NO7/c1-5-6-7-10-21(31)12-13-22-23-14-19-9-8-11-25(35-17-27(32)34-4)24(19)15-20(23)16-26(22)36-28(33)37-29(2,3)18-30/h8-9,11,20-23,26,31H,5-7,10,12-18,30H2,1-4H3. The zero-order valence-electron chi connectivity index (χ0n) is 22.9. The van der Waals surface area contributed by atoms with E-state index in [2.05, 4.69) is 13.0 Å². The topological polar surface area (TPSA) is 117 Å². The number of esters is 1. The lowest BCUT2D eigenvalue weighted by Crippen LogP contribution is -2.38. The first-order chi connectivity index (χ1) is 17.7. The molecular formula is C29H45NO7. The zero-order chi connectivity index (χ0) is 27.0. The Labute approximate surface area is 221 Å². The van der Waals surface area contributed by atoms with Crippen LogP contribution in [-0.2, 0) is 31.8 Å². The molecule has 0 amide bonds. The number of unbranched alkanes of at least 4 members (excludes halogenated alkanes) is 2. The van der Waals surface area contributed by atoms with Crippen molar-refractivity contribution in [2.24, 2.45) is 23.5 Å². The fourth-order valence-electron chi connectivity index (χ4n) is 5.82. The molecule has 0 bridgehead atoms. The maximum atomic E-state index is 12.7. The third kappa shape index (κ3) is 8.08. The van der Waals surface area contributed by atoms with E-state index in [1.807, 2.05) is 12.1 Å². The second-order valence-corrected chi connectivity index (χ2v) is 11.2. The van der Waals surface area contributed by atoms with Gasteiger partial charge in [-0.3, -0.25) is 0 Å². The molecule has 0 aromatic heterocycles. The van der Waals surface area contributed by atoms with Crippen molar-refractivity contribution < 1.29 is 33.6 Å². The first-order valence-corrected chi connectivity index (χ1v) is 13.8. The fraction of sp³-hybridized carbons (Fsp3) is 0.724. The van der Waals surface area contributed by atoms with Crippen LogP contribution in [0, 0.1) is 17.8 Å². The van der Waals surface area contributed by atoms with E-state index in [4.69, 9.17) is 24.7 Å². The molecule has 3 rings (SSSR count). The summed E-state index contributed by atoms with van der Waals surface area (Å²) >= 11 is 0. The van der Waals surface area contributed by atoms with Gasteiger partial charge in [0.1, 0.15) is 17.5 Å². The van der Waals surface area contributed by atoms with Gasteiger partial charge in [-0.15, -0.1) is 0 Å². The maximum Gasteiger partial charge on any atom is 0.509 e. The monoisotopic (exact) mass is 519 g/mol. The van der Waals surface area contributed by atoms with Crippen molar-refractivity contribution in [2.75, 3.05) is 20.3 Å². The largest absolute Gasteiger partial charge is 0.509 e. The Hall–Kier alpha value is -2.32. The fourth-order valence-corrected chi connectivity index (χ4v) is 5.82. The van der Waals surface area contributed by atoms with Crippen molar-refractivity contribution in [3.8, 4) is 5.75 Å². The van der Waals surface area contributed by atoms with Gasteiger partial charge in [0, 0.05) is 6.54 Å². The van der Waals surface area contributed by atoms with E-state index in [-0.39, 0.29) is 31.3 Å². The average Bonchev–Trinajstić information content (AvgIpc) is 3.19. The molecular weight excluding hydrogens is 474 g/mol. The van der Waals surface area contributed by atoms with Gasteiger partial charge in [-0.25, -0.2) is 9.59 Å². The van der Waals surface area contributed by atoms with Crippen molar-refractivity contribution in [3.05, 3.63) is 29.3 Å². The van der Waals surface area contributed by atoms with Gasteiger partial charge in [-0.2, -0.15) is 0 Å². The van der Waals surface area contributed by atoms with E-state index in [0.717, 1.165) is 56.9 Å². The van der Waals surface area contributed by atoms with Crippen molar-refractivity contribution >= 4 is 12.1 Å². The van der Waals surface area contributed by atoms with Gasteiger partial charge in [0.05, 0.1) is 13.2 Å². The summed E-state index contributed by atoms with van der Waals surface area (Å²) < 4.78 is 21.9. The number of benzene rings is 1. The molecule has 1 aromatic rings. The smallest absolute Gasteiger partial charge is 0.482 e. The molecule has 2 aliphatic carbocycles. The molecule has 37 heavy (non-hydrogen) atoms. The third-order valence-corrected chi connectivity index (χ3v) is 7.97. The molecule has 5 atom stereocenters. The molecule has 1 saturated carbocycles. The molecule has 5 unspecified atom stereocenters. The minimum absolute atomic E-state index is 0.131. The third-order valence-electron chi connectivity index (χ3n) is 7.97. The zero-order valence-corrected chi connectivity index (χ0v) is 22.9. The normalized spacial score (nSPS) is 23.5. The van der Waals surface area contributed by atoms with Crippen LogP contribution in [0.1, 0.15) is 76.8 Å². The maximum absolute atomic E-state index is 12.7. The predicted molar refractivity (Wildman–Crippen MR) is 140 cm³/mol. The van der Waals surface area contributed by atoms with Crippen LogP contribution in [0.25, 0.3) is 0 Å². The molecule has 1 aromatic carbocycles. The number of methoxy groups -OCH3 is 1. The highest BCUT2D eigenvalue weighted by molar-refractivity contribution is 5.71. The molecule has 2 aliphatic rings. The molecule has 1 fully saturated rings. The van der Waals surface area contributed by atoms with Crippen molar-refractivity contribution in [2.45, 2.75) is 96.4 Å². The minimum atomic E-state index is -0.796. The van der Waals surface area contributed by atoms with Gasteiger partial charge >= 0.3 is 12.1 Å². The molecule has 0 spiro atoms. The summed E-state index contributed by atoms with van der Waals surface area (Å²) in [7, 11) is 1.34. The van der Waals surface area contributed by atoms with Gasteiger partial charge in [0.2, 0.25) is 0 Å². The molecule has 0 saturated heterocycles. The highest BCUT2D eigenvalue weighted by Crippen LogP contribution is 2.49. The SMILES string of the molecule is CCCCCC(O)CCC1C(OC(=O)OC(C)(C)CN)CC2Cc3c(cccc3OCC(=O)OC)CC21. The van der Waals surface area contributed by atoms with E-state index in [1.165, 1.54) is 12.7 Å². The van der Waals surface area contributed by atoms with Gasteiger partial charge in [0.25, 0.3) is 0 Å². The van der Waals surface area contributed by atoms with Crippen LogP contribution in [-0.4, -0.2) is 55.3 Å². The Bertz CT molecular complexity index is 902. The first-order valence-electron chi connectivity index (χ1n) is 13.8. The lowest BCUT2D eigenvalue weighted by atomic mass is 9.73. The van der Waals surface area contributed by atoms with E-state index < -0.39 is 17.7 Å². The molecule has 8 nitrogen and oxygen atoms in total. The van der Waals surface area contributed by atoms with Crippen LogP contribution in [0.3, 0.4) is 0 Å².